The van der Waals surface area contributed by atoms with Gasteiger partial charge in [-0.05, 0) is 48.2 Å². The van der Waals surface area contributed by atoms with Crippen LogP contribution in [0, 0.1) is 5.82 Å². The summed E-state index contributed by atoms with van der Waals surface area (Å²) in [5.41, 5.74) is 0. The normalized spacial score (nSPS) is 12.0. The molecular weight excluding hydrogens is 330 g/mol. The Labute approximate surface area is 139 Å². The predicted octanol–water partition coefficient (Wildman–Crippen LogP) is 5.69. The first kappa shape index (κ1) is 16.9. The molecule has 3 aromatic rings. The highest BCUT2D eigenvalue weighted by atomic mass is 31.2. The summed E-state index contributed by atoms with van der Waals surface area (Å²) in [6, 6.07) is 13.6. The van der Waals surface area contributed by atoms with Gasteiger partial charge in [0.1, 0.15) is 11.6 Å². The zero-order valence-electron chi connectivity index (χ0n) is 13.5. The number of rotatable bonds is 6. The molecule has 6 heteroatoms. The Bertz CT molecular complexity index is 915. The number of benzene rings is 3. The van der Waals surface area contributed by atoms with E-state index < -0.39 is 7.82 Å². The van der Waals surface area contributed by atoms with E-state index in [2.05, 4.69) is 0 Å². The van der Waals surface area contributed by atoms with Gasteiger partial charge in [-0.15, -0.1) is 0 Å². The van der Waals surface area contributed by atoms with E-state index in [9.17, 15) is 8.96 Å². The van der Waals surface area contributed by atoms with Crippen LogP contribution in [0.5, 0.6) is 5.75 Å². The minimum absolute atomic E-state index is 0.202. The van der Waals surface area contributed by atoms with Crippen LogP contribution in [0.25, 0.3) is 21.5 Å². The molecule has 0 aliphatic carbocycles. The van der Waals surface area contributed by atoms with Crippen molar-refractivity contribution >= 4 is 29.4 Å². The lowest BCUT2D eigenvalue weighted by Gasteiger charge is -2.19. The minimum Gasteiger partial charge on any atom is -0.403 e. The average molecular weight is 348 g/mol. The van der Waals surface area contributed by atoms with Gasteiger partial charge in [-0.25, -0.2) is 8.96 Å². The zero-order chi connectivity index (χ0) is 17.2. The second-order valence-electron chi connectivity index (χ2n) is 5.16. The molecule has 126 valence electrons. The molecule has 3 aromatic carbocycles. The summed E-state index contributed by atoms with van der Waals surface area (Å²) in [5, 5.41) is 3.07. The molecule has 0 bridgehead atoms. The molecule has 0 aliphatic rings. The molecule has 0 saturated heterocycles. The second kappa shape index (κ2) is 6.89. The van der Waals surface area contributed by atoms with Gasteiger partial charge in [-0.1, -0.05) is 30.3 Å². The highest BCUT2D eigenvalue weighted by Gasteiger charge is 2.28. The third kappa shape index (κ3) is 3.29. The Morgan fingerprint density at radius 1 is 0.917 bits per heavy atom. The van der Waals surface area contributed by atoms with Gasteiger partial charge in [-0.3, -0.25) is 9.05 Å². The SMILES string of the molecule is CCOP(=O)(OCC)Oc1cc2ccc(F)cc2c2ccccc12. The van der Waals surface area contributed by atoms with Crippen LogP contribution in [0.4, 0.5) is 4.39 Å². The molecule has 0 aromatic heterocycles. The number of halogens is 1. The summed E-state index contributed by atoms with van der Waals surface area (Å²) in [5.74, 6) is 0.0746. The Balaban J connectivity index is 2.19. The van der Waals surface area contributed by atoms with Crippen LogP contribution >= 0.6 is 7.82 Å². The fourth-order valence-electron chi connectivity index (χ4n) is 2.64. The number of hydrogen-bond donors (Lipinski definition) is 0. The van der Waals surface area contributed by atoms with Gasteiger partial charge in [0.2, 0.25) is 0 Å². The maximum Gasteiger partial charge on any atom is 0.530 e. The molecule has 0 radical (unpaired) electrons. The fourth-order valence-corrected chi connectivity index (χ4v) is 3.85. The average Bonchev–Trinajstić information content (AvgIpc) is 2.56. The van der Waals surface area contributed by atoms with E-state index in [0.29, 0.717) is 5.75 Å². The van der Waals surface area contributed by atoms with Crippen molar-refractivity contribution < 1.29 is 22.5 Å². The molecule has 0 atom stereocenters. The first-order valence-electron chi connectivity index (χ1n) is 7.76. The standard InChI is InChI=1S/C18H18FO4P/c1-3-21-24(20,22-4-2)23-18-11-13-9-10-14(19)12-17(13)15-7-5-6-8-16(15)18/h5-12H,3-4H2,1-2H3. The Kier molecular flexibility index (Phi) is 4.86. The number of fused-ring (bicyclic) bond motifs is 3. The van der Waals surface area contributed by atoms with Crippen LogP contribution in [0.3, 0.4) is 0 Å². The molecule has 0 spiro atoms. The molecule has 4 nitrogen and oxygen atoms in total. The number of hydrogen-bond acceptors (Lipinski definition) is 4. The van der Waals surface area contributed by atoms with E-state index in [4.69, 9.17) is 13.6 Å². The van der Waals surface area contributed by atoms with Gasteiger partial charge >= 0.3 is 7.82 Å². The van der Waals surface area contributed by atoms with Crippen LogP contribution in [0.15, 0.2) is 48.5 Å². The summed E-state index contributed by atoms with van der Waals surface area (Å²) in [7, 11) is -3.71. The molecule has 0 aliphatic heterocycles. The maximum absolute atomic E-state index is 13.6. The molecule has 0 fully saturated rings. The van der Waals surface area contributed by atoms with E-state index in [0.717, 1.165) is 21.5 Å². The van der Waals surface area contributed by atoms with Gasteiger partial charge in [0, 0.05) is 5.39 Å². The van der Waals surface area contributed by atoms with Crippen LogP contribution < -0.4 is 4.52 Å². The van der Waals surface area contributed by atoms with E-state index in [-0.39, 0.29) is 19.0 Å². The number of phosphoric ester groups is 1. The van der Waals surface area contributed by atoms with Crippen molar-refractivity contribution in [3.05, 3.63) is 54.3 Å². The van der Waals surface area contributed by atoms with Crippen LogP contribution in [-0.2, 0) is 13.6 Å². The van der Waals surface area contributed by atoms with Crippen molar-refractivity contribution in [3.63, 3.8) is 0 Å². The van der Waals surface area contributed by atoms with Crippen molar-refractivity contribution in [1.82, 2.24) is 0 Å². The minimum atomic E-state index is -3.71. The maximum atomic E-state index is 13.6. The molecule has 0 amide bonds. The quantitative estimate of drug-likeness (QED) is 0.424. The molecular formula is C18H18FO4P. The van der Waals surface area contributed by atoms with E-state index in [1.165, 1.54) is 12.1 Å². The van der Waals surface area contributed by atoms with Gasteiger partial charge in [0.25, 0.3) is 0 Å². The summed E-state index contributed by atoms with van der Waals surface area (Å²) in [4.78, 5) is 0. The smallest absolute Gasteiger partial charge is 0.403 e. The van der Waals surface area contributed by atoms with Crippen molar-refractivity contribution in [2.75, 3.05) is 13.2 Å². The molecule has 3 rings (SSSR count). The lowest BCUT2D eigenvalue weighted by atomic mass is 10.0. The lowest BCUT2D eigenvalue weighted by molar-refractivity contribution is 0.168. The number of phosphoric acid groups is 1. The highest BCUT2D eigenvalue weighted by Crippen LogP contribution is 2.51. The topological polar surface area (TPSA) is 44.8 Å². The third-order valence-electron chi connectivity index (χ3n) is 3.57. The predicted molar refractivity (Wildman–Crippen MR) is 92.9 cm³/mol. The fraction of sp³-hybridized carbons (Fsp3) is 0.222. The largest absolute Gasteiger partial charge is 0.530 e. The van der Waals surface area contributed by atoms with E-state index in [1.807, 2.05) is 24.3 Å². The molecule has 0 N–H and O–H groups in total. The van der Waals surface area contributed by atoms with Crippen molar-refractivity contribution in [2.24, 2.45) is 0 Å². The van der Waals surface area contributed by atoms with Crippen molar-refractivity contribution in [2.45, 2.75) is 13.8 Å². The Hall–Kier alpha value is -1.94. The molecule has 0 unspecified atom stereocenters. The zero-order valence-corrected chi connectivity index (χ0v) is 14.4. The summed E-state index contributed by atoms with van der Waals surface area (Å²) >= 11 is 0. The highest BCUT2D eigenvalue weighted by molar-refractivity contribution is 7.48. The van der Waals surface area contributed by atoms with Crippen molar-refractivity contribution in [1.29, 1.82) is 0 Å². The second-order valence-corrected chi connectivity index (χ2v) is 6.75. The van der Waals surface area contributed by atoms with E-state index >= 15 is 0 Å². The Morgan fingerprint density at radius 2 is 1.58 bits per heavy atom. The third-order valence-corrected chi connectivity index (χ3v) is 5.14. The van der Waals surface area contributed by atoms with E-state index in [1.54, 1.807) is 26.0 Å². The monoisotopic (exact) mass is 348 g/mol. The summed E-state index contributed by atoms with van der Waals surface area (Å²) in [6.45, 7) is 3.84. The van der Waals surface area contributed by atoms with Crippen molar-refractivity contribution in [3.8, 4) is 5.75 Å². The first-order chi connectivity index (χ1) is 11.6. The molecule has 24 heavy (non-hydrogen) atoms. The van der Waals surface area contributed by atoms with Gasteiger partial charge < -0.3 is 4.52 Å². The van der Waals surface area contributed by atoms with Crippen LogP contribution in [-0.4, -0.2) is 13.2 Å². The summed E-state index contributed by atoms with van der Waals surface area (Å²) in [6.07, 6.45) is 0. The van der Waals surface area contributed by atoms with Gasteiger partial charge in [0.05, 0.1) is 13.2 Å². The van der Waals surface area contributed by atoms with Crippen LogP contribution in [0.2, 0.25) is 0 Å². The van der Waals surface area contributed by atoms with Gasteiger partial charge in [-0.2, -0.15) is 0 Å². The molecule has 0 saturated carbocycles. The Morgan fingerprint density at radius 3 is 2.25 bits per heavy atom. The van der Waals surface area contributed by atoms with Gasteiger partial charge in [0.15, 0.2) is 0 Å². The van der Waals surface area contributed by atoms with Crippen LogP contribution in [0.1, 0.15) is 13.8 Å². The molecule has 0 heterocycles. The first-order valence-corrected chi connectivity index (χ1v) is 9.22. The summed E-state index contributed by atoms with van der Waals surface area (Å²) < 4.78 is 42.4. The lowest BCUT2D eigenvalue weighted by Crippen LogP contribution is -2.02.